The van der Waals surface area contributed by atoms with Crippen molar-refractivity contribution in [3.05, 3.63) is 24.0 Å². The van der Waals surface area contributed by atoms with Crippen molar-refractivity contribution in [1.82, 2.24) is 4.98 Å². The van der Waals surface area contributed by atoms with E-state index < -0.39 is 0 Å². The average Bonchev–Trinajstić information content (AvgIpc) is 2.84. The Bertz CT molecular complexity index is 873. The number of fused-ring (bicyclic) bond motifs is 1. The number of nitrogens with zero attached hydrogens (tertiary/aromatic N) is 1. The maximum absolute atomic E-state index is 13.4. The highest BCUT2D eigenvalue weighted by Crippen LogP contribution is 2.69. The largest absolute Gasteiger partial charge is 0.301 e. The molecule has 2 atom stereocenters. The van der Waals surface area contributed by atoms with Crippen LogP contribution in [0.15, 0.2) is 18.2 Å². The van der Waals surface area contributed by atoms with E-state index in [0.717, 1.165) is 29.5 Å². The minimum absolute atomic E-state index is 0.133. The van der Waals surface area contributed by atoms with Crippen molar-refractivity contribution < 1.29 is 9.18 Å². The van der Waals surface area contributed by atoms with Gasteiger partial charge in [-0.05, 0) is 73.5 Å². The maximum atomic E-state index is 13.4. The molecule has 1 N–H and O–H groups in total. The number of aromatic nitrogens is 1. The van der Waals surface area contributed by atoms with E-state index in [1.54, 1.807) is 6.07 Å². The molecule has 4 bridgehead atoms. The summed E-state index contributed by atoms with van der Waals surface area (Å²) >= 11 is 1.36. The van der Waals surface area contributed by atoms with Crippen molar-refractivity contribution in [2.75, 3.05) is 5.32 Å². The zero-order valence-corrected chi connectivity index (χ0v) is 15.5. The van der Waals surface area contributed by atoms with E-state index in [1.165, 1.54) is 42.7 Å². The van der Waals surface area contributed by atoms with E-state index in [0.29, 0.717) is 21.9 Å². The van der Waals surface area contributed by atoms with Crippen LogP contribution in [0.4, 0.5) is 9.52 Å². The van der Waals surface area contributed by atoms with Crippen LogP contribution in [-0.2, 0) is 4.79 Å². The molecule has 0 spiro atoms. The second-order valence-electron chi connectivity index (χ2n) is 9.50. The fraction of sp³-hybridized carbons (Fsp3) is 0.600. The van der Waals surface area contributed by atoms with Crippen LogP contribution >= 0.6 is 11.3 Å². The first kappa shape index (κ1) is 15.7. The van der Waals surface area contributed by atoms with Gasteiger partial charge in [-0.2, -0.15) is 0 Å². The molecule has 0 saturated heterocycles. The fourth-order valence-electron chi connectivity index (χ4n) is 6.88. The number of hydrogen-bond donors (Lipinski definition) is 1. The van der Waals surface area contributed by atoms with Crippen LogP contribution in [-0.4, -0.2) is 10.9 Å². The predicted molar refractivity (Wildman–Crippen MR) is 98.0 cm³/mol. The molecule has 4 fully saturated rings. The molecule has 2 unspecified atom stereocenters. The first-order valence-corrected chi connectivity index (χ1v) is 9.96. The number of amides is 1. The molecule has 4 aliphatic rings. The number of nitrogens with one attached hydrogen (secondary N) is 1. The molecule has 5 heteroatoms. The van der Waals surface area contributed by atoms with E-state index >= 15 is 0 Å². The Kier molecular flexibility index (Phi) is 3.03. The molecule has 132 valence electrons. The molecular formula is C20H23FN2OS. The molecule has 6 rings (SSSR count). The van der Waals surface area contributed by atoms with Gasteiger partial charge in [-0.15, -0.1) is 0 Å². The normalized spacial score (nSPS) is 39.1. The van der Waals surface area contributed by atoms with Crippen molar-refractivity contribution in [2.45, 2.75) is 52.4 Å². The summed E-state index contributed by atoms with van der Waals surface area (Å²) < 4.78 is 14.2. The van der Waals surface area contributed by atoms with Crippen LogP contribution in [0, 0.1) is 28.0 Å². The lowest BCUT2D eigenvalue weighted by Gasteiger charge is -2.64. The van der Waals surface area contributed by atoms with E-state index in [-0.39, 0.29) is 17.1 Å². The highest BCUT2D eigenvalue weighted by Gasteiger charge is 2.62. The van der Waals surface area contributed by atoms with Gasteiger partial charge >= 0.3 is 0 Å². The van der Waals surface area contributed by atoms with E-state index in [4.69, 9.17) is 0 Å². The summed E-state index contributed by atoms with van der Waals surface area (Å²) in [7, 11) is 0. The van der Waals surface area contributed by atoms with Crippen LogP contribution < -0.4 is 5.32 Å². The van der Waals surface area contributed by atoms with Gasteiger partial charge in [-0.3, -0.25) is 4.79 Å². The zero-order chi connectivity index (χ0) is 17.4. The molecule has 1 amide bonds. The van der Waals surface area contributed by atoms with Crippen molar-refractivity contribution in [3.63, 3.8) is 0 Å². The molecule has 1 aromatic carbocycles. The van der Waals surface area contributed by atoms with Gasteiger partial charge in [0.2, 0.25) is 5.91 Å². The second-order valence-corrected chi connectivity index (χ2v) is 10.5. The smallest absolute Gasteiger partial charge is 0.232 e. The summed E-state index contributed by atoms with van der Waals surface area (Å²) in [5.74, 6) is 0.547. The minimum Gasteiger partial charge on any atom is -0.301 e. The number of halogens is 1. The molecule has 2 aromatic rings. The summed E-state index contributed by atoms with van der Waals surface area (Å²) in [5.41, 5.74) is 1.11. The third-order valence-corrected chi connectivity index (χ3v) is 7.61. The first-order valence-electron chi connectivity index (χ1n) is 9.14. The predicted octanol–water partition coefficient (Wildman–Crippen LogP) is 5.37. The van der Waals surface area contributed by atoms with Gasteiger partial charge in [-0.25, -0.2) is 9.37 Å². The summed E-state index contributed by atoms with van der Waals surface area (Å²) in [6.45, 7) is 4.75. The van der Waals surface area contributed by atoms with Crippen LogP contribution in [0.2, 0.25) is 0 Å². The molecule has 0 radical (unpaired) electrons. The lowest BCUT2D eigenvalue weighted by Crippen LogP contribution is -2.58. The third kappa shape index (κ3) is 2.42. The molecule has 4 saturated carbocycles. The summed E-state index contributed by atoms with van der Waals surface area (Å²) in [6.07, 6.45) is 6.82. The summed E-state index contributed by atoms with van der Waals surface area (Å²) in [6, 6.07) is 4.56. The monoisotopic (exact) mass is 358 g/mol. The average molecular weight is 358 g/mol. The lowest BCUT2D eigenvalue weighted by atomic mass is 9.40. The number of carbonyl (C=O) groups excluding carboxylic acids is 1. The maximum Gasteiger partial charge on any atom is 0.232 e. The minimum atomic E-state index is -0.268. The van der Waals surface area contributed by atoms with E-state index in [2.05, 4.69) is 24.1 Å². The van der Waals surface area contributed by atoms with Crippen LogP contribution in [0.5, 0.6) is 0 Å². The van der Waals surface area contributed by atoms with Gasteiger partial charge in [0.05, 0.1) is 15.6 Å². The quantitative estimate of drug-likeness (QED) is 0.784. The van der Waals surface area contributed by atoms with Crippen molar-refractivity contribution in [1.29, 1.82) is 0 Å². The first-order chi connectivity index (χ1) is 11.8. The Morgan fingerprint density at radius 2 is 1.92 bits per heavy atom. The highest BCUT2D eigenvalue weighted by atomic mass is 32.1. The Balaban J connectivity index is 1.45. The third-order valence-electron chi connectivity index (χ3n) is 6.68. The molecule has 3 nitrogen and oxygen atoms in total. The Morgan fingerprint density at radius 1 is 1.20 bits per heavy atom. The number of hydrogen-bond acceptors (Lipinski definition) is 3. The molecule has 4 aliphatic carbocycles. The fourth-order valence-corrected chi connectivity index (χ4v) is 7.77. The SMILES string of the molecule is CC12CC3CC(C)(C1)CC(C(=O)Nc1nc4ccc(F)cc4s1)(C3)C2. The standard InChI is InChI=1S/C20H23FN2OS/c1-18-6-12-7-19(2,9-18)11-20(8-12,10-18)16(24)23-17-22-14-4-3-13(21)5-15(14)25-17/h3-5,12H,6-11H2,1-2H3,(H,22,23,24). The Hall–Kier alpha value is -1.49. The van der Waals surface area contributed by atoms with Crippen molar-refractivity contribution in [2.24, 2.45) is 22.2 Å². The summed E-state index contributed by atoms with van der Waals surface area (Å²) in [5, 5.41) is 3.68. The van der Waals surface area contributed by atoms with Crippen molar-refractivity contribution >= 4 is 32.6 Å². The van der Waals surface area contributed by atoms with Gasteiger partial charge in [0.15, 0.2) is 5.13 Å². The zero-order valence-electron chi connectivity index (χ0n) is 14.7. The number of carbonyl (C=O) groups is 1. The highest BCUT2D eigenvalue weighted by molar-refractivity contribution is 7.22. The van der Waals surface area contributed by atoms with E-state index in [1.807, 2.05) is 0 Å². The number of anilines is 1. The molecule has 1 heterocycles. The number of benzene rings is 1. The summed E-state index contributed by atoms with van der Waals surface area (Å²) in [4.78, 5) is 17.8. The van der Waals surface area contributed by atoms with Crippen LogP contribution in [0.3, 0.4) is 0 Å². The van der Waals surface area contributed by atoms with Gasteiger partial charge in [0.25, 0.3) is 0 Å². The van der Waals surface area contributed by atoms with Gasteiger partial charge in [-0.1, -0.05) is 25.2 Å². The molecule has 1 aromatic heterocycles. The molecule has 25 heavy (non-hydrogen) atoms. The number of rotatable bonds is 2. The topological polar surface area (TPSA) is 42.0 Å². The molecular weight excluding hydrogens is 335 g/mol. The van der Waals surface area contributed by atoms with Gasteiger partial charge in [0, 0.05) is 0 Å². The molecule has 0 aliphatic heterocycles. The van der Waals surface area contributed by atoms with Crippen LogP contribution in [0.1, 0.15) is 52.4 Å². The number of thiazole rings is 1. The van der Waals surface area contributed by atoms with Crippen LogP contribution in [0.25, 0.3) is 10.2 Å². The van der Waals surface area contributed by atoms with E-state index in [9.17, 15) is 9.18 Å². The Morgan fingerprint density at radius 3 is 2.60 bits per heavy atom. The van der Waals surface area contributed by atoms with Crippen molar-refractivity contribution in [3.8, 4) is 0 Å². The van der Waals surface area contributed by atoms with Gasteiger partial charge < -0.3 is 5.32 Å². The lowest BCUT2D eigenvalue weighted by molar-refractivity contribution is -0.165. The van der Waals surface area contributed by atoms with Gasteiger partial charge in [0.1, 0.15) is 5.82 Å². The second kappa shape index (κ2) is 4.81. The Labute approximate surface area is 151 Å².